The van der Waals surface area contributed by atoms with Crippen molar-refractivity contribution in [1.82, 2.24) is 4.90 Å². The minimum Gasteiger partial charge on any atom is -0.481 e. The summed E-state index contributed by atoms with van der Waals surface area (Å²) in [6, 6.07) is -0.0100. The molecule has 6 heteroatoms. The minimum atomic E-state index is -3.09. The van der Waals surface area contributed by atoms with Gasteiger partial charge < -0.3 is 5.11 Å². The van der Waals surface area contributed by atoms with Gasteiger partial charge >= 0.3 is 5.97 Å². The normalized spacial score (nSPS) is 34.0. The van der Waals surface area contributed by atoms with Crippen molar-refractivity contribution >= 4 is 15.8 Å². The number of rotatable bonds is 4. The highest BCUT2D eigenvalue weighted by Gasteiger charge is 2.40. The fraction of sp³-hybridized carbons (Fsp3) is 0.933. The van der Waals surface area contributed by atoms with Gasteiger partial charge in [0.25, 0.3) is 0 Å². The van der Waals surface area contributed by atoms with Crippen molar-refractivity contribution in [2.75, 3.05) is 18.1 Å². The molecule has 1 aliphatic heterocycles. The monoisotopic (exact) mass is 317 g/mol. The molecule has 3 atom stereocenters. The molecule has 0 amide bonds. The second kappa shape index (κ2) is 6.65. The van der Waals surface area contributed by atoms with E-state index in [1.165, 1.54) is 12.8 Å². The van der Waals surface area contributed by atoms with Crippen molar-refractivity contribution in [3.8, 4) is 0 Å². The van der Waals surface area contributed by atoms with Crippen LogP contribution in [0.4, 0.5) is 0 Å². The summed E-state index contributed by atoms with van der Waals surface area (Å²) in [5.41, 5.74) is 0. The number of sulfone groups is 1. The lowest BCUT2D eigenvalue weighted by Gasteiger charge is -2.47. The molecule has 1 heterocycles. The SMILES string of the molecule is CC(C)C1CCCCC1N1CCS(=O)(=O)CC1CC(=O)O. The molecule has 5 nitrogen and oxygen atoms in total. The van der Waals surface area contributed by atoms with Crippen molar-refractivity contribution in [3.05, 3.63) is 0 Å². The molecule has 1 saturated carbocycles. The van der Waals surface area contributed by atoms with E-state index in [1.54, 1.807) is 0 Å². The number of hydrogen-bond donors (Lipinski definition) is 1. The molecule has 0 aromatic heterocycles. The van der Waals surface area contributed by atoms with Gasteiger partial charge in [0.2, 0.25) is 0 Å². The van der Waals surface area contributed by atoms with Crippen LogP contribution in [0.3, 0.4) is 0 Å². The molecule has 21 heavy (non-hydrogen) atoms. The van der Waals surface area contributed by atoms with Gasteiger partial charge in [-0.15, -0.1) is 0 Å². The molecular formula is C15H27NO4S. The smallest absolute Gasteiger partial charge is 0.304 e. The number of carbonyl (C=O) groups is 1. The lowest BCUT2D eigenvalue weighted by atomic mass is 9.76. The predicted octanol–water partition coefficient (Wildman–Crippen LogP) is 1.77. The second-order valence-corrected chi connectivity index (χ2v) is 9.09. The van der Waals surface area contributed by atoms with Crippen molar-refractivity contribution in [3.63, 3.8) is 0 Å². The van der Waals surface area contributed by atoms with Crippen LogP contribution < -0.4 is 0 Å². The quantitative estimate of drug-likeness (QED) is 0.855. The summed E-state index contributed by atoms with van der Waals surface area (Å²) in [5, 5.41) is 9.11. The van der Waals surface area contributed by atoms with E-state index in [2.05, 4.69) is 18.7 Å². The van der Waals surface area contributed by atoms with Gasteiger partial charge in [0.05, 0.1) is 17.9 Å². The molecule has 0 spiro atoms. The van der Waals surface area contributed by atoms with Crippen LogP contribution in [0.15, 0.2) is 0 Å². The first-order valence-corrected chi connectivity index (χ1v) is 9.80. The standard InChI is InChI=1S/C15H27NO4S/c1-11(2)13-5-3-4-6-14(13)16-7-8-21(19,20)10-12(16)9-15(17)18/h11-14H,3-10H2,1-2H3,(H,17,18). The van der Waals surface area contributed by atoms with Crippen LogP contribution in [-0.2, 0) is 14.6 Å². The zero-order valence-corrected chi connectivity index (χ0v) is 13.8. The summed E-state index contributed by atoms with van der Waals surface area (Å²) in [5.74, 6) is 0.375. The number of carboxylic acid groups (broad SMARTS) is 1. The van der Waals surface area contributed by atoms with Gasteiger partial charge in [0.15, 0.2) is 9.84 Å². The number of carboxylic acids is 1. The average Bonchev–Trinajstić information content (AvgIpc) is 2.37. The van der Waals surface area contributed by atoms with Crippen LogP contribution in [0.5, 0.6) is 0 Å². The Morgan fingerprint density at radius 3 is 2.57 bits per heavy atom. The van der Waals surface area contributed by atoms with E-state index < -0.39 is 15.8 Å². The zero-order valence-electron chi connectivity index (χ0n) is 13.0. The molecule has 122 valence electrons. The van der Waals surface area contributed by atoms with Gasteiger partial charge in [-0.3, -0.25) is 9.69 Å². The highest BCUT2D eigenvalue weighted by atomic mass is 32.2. The van der Waals surface area contributed by atoms with Gasteiger partial charge in [-0.2, -0.15) is 0 Å². The van der Waals surface area contributed by atoms with Crippen molar-refractivity contribution < 1.29 is 18.3 Å². The van der Waals surface area contributed by atoms with E-state index in [0.29, 0.717) is 24.4 Å². The van der Waals surface area contributed by atoms with E-state index in [-0.39, 0.29) is 24.0 Å². The fourth-order valence-electron chi connectivity index (χ4n) is 4.04. The minimum absolute atomic E-state index is 0.000610. The van der Waals surface area contributed by atoms with Crippen LogP contribution in [0.2, 0.25) is 0 Å². The Bertz CT molecular complexity index is 474. The number of nitrogens with zero attached hydrogens (tertiary/aromatic N) is 1. The van der Waals surface area contributed by atoms with Crippen molar-refractivity contribution in [1.29, 1.82) is 0 Å². The van der Waals surface area contributed by atoms with Crippen LogP contribution in [-0.4, -0.2) is 54.5 Å². The van der Waals surface area contributed by atoms with E-state index in [9.17, 15) is 13.2 Å². The third-order valence-electron chi connectivity index (χ3n) is 5.05. The van der Waals surface area contributed by atoms with Crippen molar-refractivity contribution in [2.24, 2.45) is 11.8 Å². The molecule has 0 aromatic carbocycles. The fourth-order valence-corrected chi connectivity index (χ4v) is 5.59. The average molecular weight is 317 g/mol. The first kappa shape index (κ1) is 16.7. The maximum atomic E-state index is 11.9. The Morgan fingerprint density at radius 1 is 1.29 bits per heavy atom. The molecular weight excluding hydrogens is 290 g/mol. The van der Waals surface area contributed by atoms with E-state index >= 15 is 0 Å². The third kappa shape index (κ3) is 4.19. The molecule has 3 unspecified atom stereocenters. The molecule has 1 saturated heterocycles. The molecule has 2 aliphatic rings. The van der Waals surface area contributed by atoms with Gasteiger partial charge in [0.1, 0.15) is 0 Å². The largest absolute Gasteiger partial charge is 0.481 e. The zero-order chi connectivity index (χ0) is 15.6. The molecule has 2 fully saturated rings. The Kier molecular flexibility index (Phi) is 5.30. The molecule has 1 aliphatic carbocycles. The summed E-state index contributed by atoms with van der Waals surface area (Å²) in [6.07, 6.45) is 4.57. The van der Waals surface area contributed by atoms with Crippen LogP contribution in [0, 0.1) is 11.8 Å². The maximum Gasteiger partial charge on any atom is 0.304 e. The molecule has 0 aromatic rings. The first-order chi connectivity index (χ1) is 9.80. The maximum absolute atomic E-state index is 11.9. The summed E-state index contributed by atoms with van der Waals surface area (Å²) in [7, 11) is -3.09. The molecule has 0 radical (unpaired) electrons. The first-order valence-electron chi connectivity index (χ1n) is 7.98. The Morgan fingerprint density at radius 2 is 1.95 bits per heavy atom. The molecule has 0 bridgehead atoms. The van der Waals surface area contributed by atoms with Gasteiger partial charge in [-0.1, -0.05) is 26.7 Å². The van der Waals surface area contributed by atoms with E-state index in [4.69, 9.17) is 5.11 Å². The van der Waals surface area contributed by atoms with Gasteiger partial charge in [-0.25, -0.2) is 8.42 Å². The number of hydrogen-bond acceptors (Lipinski definition) is 4. The Hall–Kier alpha value is -0.620. The summed E-state index contributed by atoms with van der Waals surface area (Å²) >= 11 is 0. The summed E-state index contributed by atoms with van der Waals surface area (Å²) in [4.78, 5) is 13.3. The Labute approximate surface area is 127 Å². The van der Waals surface area contributed by atoms with Crippen LogP contribution in [0.1, 0.15) is 46.0 Å². The van der Waals surface area contributed by atoms with Crippen LogP contribution in [0.25, 0.3) is 0 Å². The number of aliphatic carboxylic acids is 1. The second-order valence-electron chi connectivity index (χ2n) is 6.86. The van der Waals surface area contributed by atoms with E-state index in [1.807, 2.05) is 0 Å². The van der Waals surface area contributed by atoms with Crippen LogP contribution >= 0.6 is 0 Å². The third-order valence-corrected chi connectivity index (χ3v) is 6.75. The summed E-state index contributed by atoms with van der Waals surface area (Å²) in [6.45, 7) is 4.93. The molecule has 2 rings (SSSR count). The van der Waals surface area contributed by atoms with E-state index in [0.717, 1.165) is 12.8 Å². The Balaban J connectivity index is 2.19. The van der Waals surface area contributed by atoms with Gasteiger partial charge in [-0.05, 0) is 24.7 Å². The lowest BCUT2D eigenvalue weighted by Crippen LogP contribution is -2.56. The highest BCUT2D eigenvalue weighted by molar-refractivity contribution is 7.91. The van der Waals surface area contributed by atoms with Gasteiger partial charge in [0, 0.05) is 18.6 Å². The molecule has 1 N–H and O–H groups in total. The predicted molar refractivity (Wildman–Crippen MR) is 82.0 cm³/mol. The lowest BCUT2D eigenvalue weighted by molar-refractivity contribution is -0.138. The highest BCUT2D eigenvalue weighted by Crippen LogP contribution is 2.36. The summed E-state index contributed by atoms with van der Waals surface area (Å²) < 4.78 is 23.7. The topological polar surface area (TPSA) is 74.7 Å². The van der Waals surface area contributed by atoms with Crippen molar-refractivity contribution in [2.45, 2.75) is 58.0 Å².